The van der Waals surface area contributed by atoms with E-state index in [2.05, 4.69) is 10.4 Å². The van der Waals surface area contributed by atoms with Gasteiger partial charge in [-0.3, -0.25) is 4.68 Å². The molecule has 1 atom stereocenters. The van der Waals surface area contributed by atoms with Crippen molar-refractivity contribution in [1.29, 1.82) is 0 Å². The summed E-state index contributed by atoms with van der Waals surface area (Å²) < 4.78 is 37.3. The number of alkyl halides is 3. The third-order valence-corrected chi connectivity index (χ3v) is 2.25. The normalized spacial score (nSPS) is 14.0. The van der Waals surface area contributed by atoms with Crippen molar-refractivity contribution >= 4 is 0 Å². The van der Waals surface area contributed by atoms with Crippen LogP contribution >= 0.6 is 0 Å². The lowest BCUT2D eigenvalue weighted by molar-refractivity contribution is -0.133. The van der Waals surface area contributed by atoms with E-state index in [1.165, 1.54) is 0 Å². The van der Waals surface area contributed by atoms with Gasteiger partial charge < -0.3 is 5.32 Å². The number of halogens is 3. The molecule has 1 unspecified atom stereocenters. The second kappa shape index (κ2) is 5.89. The fourth-order valence-electron chi connectivity index (χ4n) is 1.32. The molecule has 1 aromatic heterocycles. The Hall–Kier alpha value is -1.04. The second-order valence-corrected chi connectivity index (χ2v) is 3.78. The molecule has 6 heteroatoms. The first-order chi connectivity index (χ1) is 7.47. The Kier molecular flexibility index (Phi) is 4.79. The van der Waals surface area contributed by atoms with Crippen molar-refractivity contribution in [1.82, 2.24) is 15.1 Å². The van der Waals surface area contributed by atoms with E-state index in [4.69, 9.17) is 0 Å². The first-order valence-electron chi connectivity index (χ1n) is 5.25. The predicted octanol–water partition coefficient (Wildman–Crippen LogP) is 2.20. The van der Waals surface area contributed by atoms with Gasteiger partial charge in [-0.2, -0.15) is 18.3 Å². The number of nitrogens with one attached hydrogen (secondary N) is 1. The van der Waals surface area contributed by atoms with E-state index in [1.54, 1.807) is 10.9 Å². The molecular formula is C10H16F3N3. The first kappa shape index (κ1) is 13.0. The lowest BCUT2D eigenvalue weighted by Gasteiger charge is -2.14. The van der Waals surface area contributed by atoms with Crippen LogP contribution in [0.1, 0.15) is 19.8 Å². The van der Waals surface area contributed by atoms with Crippen LogP contribution in [0.2, 0.25) is 0 Å². The Bertz CT molecular complexity index is 282. The molecule has 0 saturated heterocycles. The Labute approximate surface area is 92.6 Å². The zero-order valence-corrected chi connectivity index (χ0v) is 9.17. The average molecular weight is 235 g/mol. The molecule has 0 aliphatic carbocycles. The molecule has 0 bridgehead atoms. The third kappa shape index (κ3) is 5.75. The zero-order chi connectivity index (χ0) is 12.0. The molecule has 0 radical (unpaired) electrons. The summed E-state index contributed by atoms with van der Waals surface area (Å²) in [5, 5.41) is 6.86. The van der Waals surface area contributed by atoms with Crippen molar-refractivity contribution in [2.75, 3.05) is 6.54 Å². The molecule has 0 aromatic carbocycles. The number of hydrogen-bond donors (Lipinski definition) is 1. The topological polar surface area (TPSA) is 29.9 Å². The van der Waals surface area contributed by atoms with Gasteiger partial charge in [-0.1, -0.05) is 0 Å². The van der Waals surface area contributed by atoms with Crippen molar-refractivity contribution < 1.29 is 13.2 Å². The highest BCUT2D eigenvalue weighted by molar-refractivity contribution is 4.78. The summed E-state index contributed by atoms with van der Waals surface area (Å²) in [5.41, 5.74) is 0. The number of aromatic nitrogens is 2. The summed E-state index contributed by atoms with van der Waals surface area (Å²) in [6, 6.07) is 1.88. The average Bonchev–Trinajstić information content (AvgIpc) is 2.65. The maximum atomic E-state index is 11.9. The first-order valence-corrected chi connectivity index (χ1v) is 5.25. The fourth-order valence-corrected chi connectivity index (χ4v) is 1.32. The molecule has 0 fully saturated rings. The highest BCUT2D eigenvalue weighted by atomic mass is 19.4. The number of hydrogen-bond acceptors (Lipinski definition) is 2. The van der Waals surface area contributed by atoms with Gasteiger partial charge in [-0.15, -0.1) is 0 Å². The van der Waals surface area contributed by atoms with Gasteiger partial charge in [-0.25, -0.2) is 0 Å². The molecule has 0 spiro atoms. The van der Waals surface area contributed by atoms with Gasteiger partial charge in [0, 0.05) is 31.5 Å². The van der Waals surface area contributed by atoms with Crippen LogP contribution in [-0.4, -0.2) is 28.5 Å². The Morgan fingerprint density at radius 1 is 1.44 bits per heavy atom. The summed E-state index contributed by atoms with van der Waals surface area (Å²) in [5.74, 6) is 0. The molecule has 0 aliphatic rings. The molecule has 16 heavy (non-hydrogen) atoms. The maximum Gasteiger partial charge on any atom is 0.390 e. The van der Waals surface area contributed by atoms with Crippen LogP contribution in [0.4, 0.5) is 13.2 Å². The molecule has 1 aromatic rings. The molecule has 0 amide bonds. The largest absolute Gasteiger partial charge is 0.390 e. The predicted molar refractivity (Wildman–Crippen MR) is 55.0 cm³/mol. The monoisotopic (exact) mass is 235 g/mol. The van der Waals surface area contributed by atoms with Gasteiger partial charge in [-0.05, 0) is 19.4 Å². The van der Waals surface area contributed by atoms with Crippen molar-refractivity contribution in [3.63, 3.8) is 0 Å². The molecule has 92 valence electrons. The SMILES string of the molecule is CC(CCn1cccn1)NCCC(F)(F)F. The smallest absolute Gasteiger partial charge is 0.314 e. The molecule has 1 heterocycles. The van der Waals surface area contributed by atoms with E-state index in [1.807, 2.05) is 19.2 Å². The van der Waals surface area contributed by atoms with Crippen LogP contribution in [0.25, 0.3) is 0 Å². The second-order valence-electron chi connectivity index (χ2n) is 3.78. The van der Waals surface area contributed by atoms with Gasteiger partial charge >= 0.3 is 6.18 Å². The lowest BCUT2D eigenvalue weighted by atomic mass is 10.2. The van der Waals surface area contributed by atoms with E-state index in [9.17, 15) is 13.2 Å². The summed E-state index contributed by atoms with van der Waals surface area (Å²) in [4.78, 5) is 0. The molecule has 1 rings (SSSR count). The summed E-state index contributed by atoms with van der Waals surface area (Å²) in [7, 11) is 0. The molecule has 0 saturated carbocycles. The number of nitrogens with zero attached hydrogens (tertiary/aromatic N) is 2. The quantitative estimate of drug-likeness (QED) is 0.819. The molecular weight excluding hydrogens is 219 g/mol. The Balaban J connectivity index is 2.09. The summed E-state index contributed by atoms with van der Waals surface area (Å²) in [6.07, 6.45) is -0.572. The van der Waals surface area contributed by atoms with Crippen molar-refractivity contribution in [2.24, 2.45) is 0 Å². The number of aryl methyl sites for hydroxylation is 1. The van der Waals surface area contributed by atoms with Gasteiger partial charge in [0.05, 0.1) is 6.42 Å². The van der Waals surface area contributed by atoms with Crippen LogP contribution in [0, 0.1) is 0 Å². The minimum Gasteiger partial charge on any atom is -0.314 e. The van der Waals surface area contributed by atoms with Crippen LogP contribution in [0.3, 0.4) is 0 Å². The fraction of sp³-hybridized carbons (Fsp3) is 0.700. The standard InChI is InChI=1S/C10H16F3N3/c1-9(14-6-4-10(11,12)13)3-8-16-7-2-5-15-16/h2,5,7,9,14H,3-4,6,8H2,1H3. The van der Waals surface area contributed by atoms with Crippen LogP contribution < -0.4 is 5.32 Å². The minimum absolute atomic E-state index is 0.0240. The van der Waals surface area contributed by atoms with Crippen molar-refractivity contribution in [3.05, 3.63) is 18.5 Å². The van der Waals surface area contributed by atoms with Gasteiger partial charge in [0.25, 0.3) is 0 Å². The van der Waals surface area contributed by atoms with Gasteiger partial charge in [0.1, 0.15) is 0 Å². The highest BCUT2D eigenvalue weighted by Gasteiger charge is 2.26. The van der Waals surface area contributed by atoms with Gasteiger partial charge in [0.15, 0.2) is 0 Å². The van der Waals surface area contributed by atoms with E-state index < -0.39 is 12.6 Å². The van der Waals surface area contributed by atoms with Crippen molar-refractivity contribution in [2.45, 2.75) is 38.5 Å². The van der Waals surface area contributed by atoms with E-state index in [0.29, 0.717) is 6.54 Å². The van der Waals surface area contributed by atoms with Crippen LogP contribution in [0.5, 0.6) is 0 Å². The maximum absolute atomic E-state index is 11.9. The van der Waals surface area contributed by atoms with E-state index in [0.717, 1.165) is 6.42 Å². The van der Waals surface area contributed by atoms with E-state index >= 15 is 0 Å². The molecule has 3 nitrogen and oxygen atoms in total. The summed E-state index contributed by atoms with van der Waals surface area (Å²) in [6.45, 7) is 2.57. The zero-order valence-electron chi connectivity index (χ0n) is 9.17. The number of rotatable bonds is 6. The Morgan fingerprint density at radius 2 is 2.19 bits per heavy atom. The molecule has 0 aliphatic heterocycles. The Morgan fingerprint density at radius 3 is 2.75 bits per heavy atom. The summed E-state index contributed by atoms with van der Waals surface area (Å²) >= 11 is 0. The van der Waals surface area contributed by atoms with Crippen molar-refractivity contribution in [3.8, 4) is 0 Å². The van der Waals surface area contributed by atoms with Gasteiger partial charge in [0.2, 0.25) is 0 Å². The van der Waals surface area contributed by atoms with E-state index in [-0.39, 0.29) is 12.6 Å². The van der Waals surface area contributed by atoms with Crippen LogP contribution in [-0.2, 0) is 6.54 Å². The molecule has 1 N–H and O–H groups in total. The minimum atomic E-state index is -4.07. The highest BCUT2D eigenvalue weighted by Crippen LogP contribution is 2.18. The third-order valence-electron chi connectivity index (χ3n) is 2.25. The lowest BCUT2D eigenvalue weighted by Crippen LogP contribution is -2.30. The van der Waals surface area contributed by atoms with Crippen LogP contribution in [0.15, 0.2) is 18.5 Å².